The van der Waals surface area contributed by atoms with E-state index in [2.05, 4.69) is 19.2 Å². The van der Waals surface area contributed by atoms with Crippen molar-refractivity contribution in [3.05, 3.63) is 18.2 Å². The van der Waals surface area contributed by atoms with Crippen molar-refractivity contribution in [2.45, 2.75) is 37.8 Å². The molecule has 19 heavy (non-hydrogen) atoms. The van der Waals surface area contributed by atoms with Gasteiger partial charge < -0.3 is 14.8 Å². The van der Waals surface area contributed by atoms with Crippen molar-refractivity contribution < 1.29 is 17.9 Å². The minimum Gasteiger partial charge on any atom is -0.456 e. The van der Waals surface area contributed by atoms with Crippen LogP contribution in [0.25, 0.3) is 11.2 Å². The molecule has 2 bridgehead atoms. The number of hydrogen-bond acceptors (Lipinski definition) is 5. The number of hydrogen-bond donors (Lipinski definition) is 2. The Kier molecular flexibility index (Phi) is 5.34. The lowest BCUT2D eigenvalue weighted by atomic mass is 10.3. The van der Waals surface area contributed by atoms with Gasteiger partial charge in [-0.1, -0.05) is 13.8 Å². The average Bonchev–Trinajstić information content (AvgIpc) is 2.87. The first kappa shape index (κ1) is 15.9. The average molecular weight is 287 g/mol. The Morgan fingerprint density at radius 1 is 1.32 bits per heavy atom. The highest BCUT2D eigenvalue weighted by Gasteiger charge is 2.15. The standard InChI is InChI=1S/C7H6O3S.C6H15NO/c1-11(8,9)7-4-5-2-3-6(7)10-5;1-5(2)7-4-6(3)8/h2-4H,1H3;5-8H,4H2,1-3H3. The van der Waals surface area contributed by atoms with Gasteiger partial charge in [0, 0.05) is 24.9 Å². The second-order valence-corrected chi connectivity index (χ2v) is 6.88. The van der Waals surface area contributed by atoms with Gasteiger partial charge in [-0.25, -0.2) is 8.42 Å². The summed E-state index contributed by atoms with van der Waals surface area (Å²) in [6.45, 7) is 6.58. The Bertz CT molecular complexity index is 578. The van der Waals surface area contributed by atoms with Gasteiger partial charge in [0.1, 0.15) is 16.1 Å². The van der Waals surface area contributed by atoms with Gasteiger partial charge in [0.25, 0.3) is 0 Å². The van der Waals surface area contributed by atoms with Gasteiger partial charge in [-0.05, 0) is 19.1 Å². The molecule has 0 amide bonds. The number of benzene rings is 1. The molecule has 0 radical (unpaired) electrons. The Balaban J connectivity index is 0.000000203. The zero-order valence-corrected chi connectivity index (χ0v) is 12.5. The van der Waals surface area contributed by atoms with E-state index >= 15 is 0 Å². The highest BCUT2D eigenvalue weighted by Crippen LogP contribution is 2.25. The highest BCUT2D eigenvalue weighted by atomic mass is 32.2. The van der Waals surface area contributed by atoms with Gasteiger partial charge in [-0.3, -0.25) is 0 Å². The van der Waals surface area contributed by atoms with Crippen molar-refractivity contribution >= 4 is 21.0 Å². The van der Waals surface area contributed by atoms with Crippen LogP contribution in [-0.4, -0.2) is 38.5 Å². The maximum atomic E-state index is 11.0. The summed E-state index contributed by atoms with van der Waals surface area (Å²) in [4.78, 5) is 0.287. The third kappa shape index (κ3) is 5.18. The molecule has 1 unspecified atom stereocenters. The molecule has 108 valence electrons. The first-order valence-corrected chi connectivity index (χ1v) is 8.02. The van der Waals surface area contributed by atoms with E-state index in [9.17, 15) is 8.42 Å². The quantitative estimate of drug-likeness (QED) is 0.893. The lowest BCUT2D eigenvalue weighted by molar-refractivity contribution is 0.188. The van der Waals surface area contributed by atoms with Crippen LogP contribution in [0.2, 0.25) is 0 Å². The van der Waals surface area contributed by atoms with E-state index < -0.39 is 9.84 Å². The smallest absolute Gasteiger partial charge is 0.179 e. The van der Waals surface area contributed by atoms with E-state index in [1.165, 1.54) is 12.3 Å². The largest absolute Gasteiger partial charge is 0.456 e. The predicted octanol–water partition coefficient (Wildman–Crippen LogP) is 1.64. The molecule has 2 N–H and O–H groups in total. The van der Waals surface area contributed by atoms with Crippen molar-refractivity contribution in [1.82, 2.24) is 5.32 Å². The number of rotatable bonds is 4. The molecule has 0 spiro atoms. The second kappa shape index (κ2) is 6.36. The van der Waals surface area contributed by atoms with Crippen molar-refractivity contribution in [3.8, 4) is 0 Å². The van der Waals surface area contributed by atoms with Crippen molar-refractivity contribution in [3.63, 3.8) is 0 Å². The molecule has 0 aliphatic heterocycles. The van der Waals surface area contributed by atoms with Crippen LogP contribution in [0.15, 0.2) is 27.5 Å². The molecule has 0 saturated heterocycles. The van der Waals surface area contributed by atoms with Gasteiger partial charge in [0.05, 0.1) is 6.10 Å². The SMILES string of the molecule is CC(O)CNC(C)C.CS(=O)(=O)c1cc2ccc1o2. The van der Waals surface area contributed by atoms with Gasteiger partial charge >= 0.3 is 0 Å². The number of aliphatic hydroxyl groups is 1. The van der Waals surface area contributed by atoms with Crippen LogP contribution >= 0.6 is 0 Å². The van der Waals surface area contributed by atoms with Crippen LogP contribution in [0.5, 0.6) is 0 Å². The lowest BCUT2D eigenvalue weighted by Crippen LogP contribution is -2.30. The van der Waals surface area contributed by atoms with Crippen molar-refractivity contribution in [1.29, 1.82) is 0 Å². The Hall–Kier alpha value is -1.11. The Morgan fingerprint density at radius 3 is 2.16 bits per heavy atom. The summed E-state index contributed by atoms with van der Waals surface area (Å²) in [7, 11) is -3.11. The van der Waals surface area contributed by atoms with Gasteiger partial charge in [-0.15, -0.1) is 0 Å². The fourth-order valence-corrected chi connectivity index (χ4v) is 2.26. The molecule has 0 saturated carbocycles. The number of sulfone groups is 1. The third-order valence-corrected chi connectivity index (χ3v) is 3.48. The Morgan fingerprint density at radius 2 is 1.95 bits per heavy atom. The summed E-state index contributed by atoms with van der Waals surface area (Å²) in [6.07, 6.45) is 0.946. The van der Waals surface area contributed by atoms with Crippen LogP contribution in [0.3, 0.4) is 0 Å². The van der Waals surface area contributed by atoms with E-state index in [4.69, 9.17) is 9.52 Å². The number of nitrogens with one attached hydrogen (secondary N) is 1. The molecule has 2 rings (SSSR count). The minimum absolute atomic E-state index is 0.225. The summed E-state index contributed by atoms with van der Waals surface area (Å²) in [5, 5.41) is 11.8. The zero-order valence-electron chi connectivity index (χ0n) is 11.7. The van der Waals surface area contributed by atoms with Crippen LogP contribution in [0.1, 0.15) is 20.8 Å². The van der Waals surface area contributed by atoms with E-state index in [1.54, 1.807) is 19.1 Å². The molecule has 2 aromatic heterocycles. The number of aliphatic hydroxyl groups excluding tert-OH is 1. The van der Waals surface area contributed by atoms with Crippen LogP contribution in [-0.2, 0) is 9.84 Å². The predicted molar refractivity (Wildman–Crippen MR) is 75.3 cm³/mol. The van der Waals surface area contributed by atoms with E-state index in [1.807, 2.05) is 0 Å². The zero-order chi connectivity index (χ0) is 14.6. The van der Waals surface area contributed by atoms with Gasteiger partial charge in [0.15, 0.2) is 9.84 Å². The second-order valence-electron chi connectivity index (χ2n) is 4.89. The first-order chi connectivity index (χ1) is 8.70. The molecule has 2 heterocycles. The normalized spacial score (nSPS) is 13.6. The van der Waals surface area contributed by atoms with E-state index in [0.29, 0.717) is 23.8 Å². The maximum Gasteiger partial charge on any atom is 0.179 e. The molecule has 6 heteroatoms. The number of furan rings is 2. The van der Waals surface area contributed by atoms with Crippen molar-refractivity contribution in [2.75, 3.05) is 12.8 Å². The van der Waals surface area contributed by atoms with Crippen LogP contribution in [0.4, 0.5) is 0 Å². The summed E-state index contributed by atoms with van der Waals surface area (Å²) in [5.41, 5.74) is 1.06. The lowest BCUT2D eigenvalue weighted by Gasteiger charge is -2.08. The molecule has 0 fully saturated rings. The number of fused-ring (bicyclic) bond motifs is 2. The maximum absolute atomic E-state index is 11.0. The molecule has 1 atom stereocenters. The van der Waals surface area contributed by atoms with Crippen LogP contribution in [0, 0.1) is 0 Å². The first-order valence-electron chi connectivity index (χ1n) is 6.13. The summed E-state index contributed by atoms with van der Waals surface area (Å²) in [5.74, 6) is 0. The third-order valence-electron chi connectivity index (χ3n) is 2.36. The molecule has 2 aromatic rings. The summed E-state index contributed by atoms with van der Waals surface area (Å²) < 4.78 is 27.1. The fraction of sp³-hybridized carbons (Fsp3) is 0.538. The van der Waals surface area contributed by atoms with E-state index in [0.717, 1.165) is 0 Å². The molecular weight excluding hydrogens is 266 g/mol. The molecule has 5 nitrogen and oxygen atoms in total. The molecular formula is C13H21NO4S. The minimum atomic E-state index is -3.11. The molecule has 0 aliphatic carbocycles. The molecule has 0 aliphatic rings. The van der Waals surface area contributed by atoms with E-state index in [-0.39, 0.29) is 11.0 Å². The molecule has 0 aromatic carbocycles. The van der Waals surface area contributed by atoms with Gasteiger partial charge in [0.2, 0.25) is 0 Å². The fourth-order valence-electron chi connectivity index (χ4n) is 1.46. The Labute approximate surface area is 113 Å². The summed E-state index contributed by atoms with van der Waals surface area (Å²) >= 11 is 0. The van der Waals surface area contributed by atoms with Crippen LogP contribution < -0.4 is 5.32 Å². The summed E-state index contributed by atoms with van der Waals surface area (Å²) in [6, 6.07) is 5.41. The topological polar surface area (TPSA) is 79.5 Å². The highest BCUT2D eigenvalue weighted by molar-refractivity contribution is 7.91. The van der Waals surface area contributed by atoms with Gasteiger partial charge in [-0.2, -0.15) is 0 Å². The monoisotopic (exact) mass is 287 g/mol. The van der Waals surface area contributed by atoms with Crippen molar-refractivity contribution in [2.24, 2.45) is 0 Å².